The van der Waals surface area contributed by atoms with Gasteiger partial charge in [-0.05, 0) is 29.8 Å². The van der Waals surface area contributed by atoms with Crippen molar-refractivity contribution in [2.24, 2.45) is 0 Å². The highest BCUT2D eigenvalue weighted by molar-refractivity contribution is 6.17. The fourth-order valence-electron chi connectivity index (χ4n) is 1.77. The molecule has 0 saturated heterocycles. The van der Waals surface area contributed by atoms with Gasteiger partial charge < -0.3 is 4.74 Å². The molecule has 0 aromatic heterocycles. The SMILES string of the molecule is N#Cc1ccccc1Oc1ccc(CCl)c(C(F)(F)F)c1. The first kappa shape index (κ1) is 15.2. The Morgan fingerprint density at radius 3 is 2.48 bits per heavy atom. The first-order valence-electron chi connectivity index (χ1n) is 5.89. The summed E-state index contributed by atoms with van der Waals surface area (Å²) in [6.45, 7) is 0. The van der Waals surface area contributed by atoms with Crippen LogP contribution in [-0.4, -0.2) is 0 Å². The molecule has 0 amide bonds. The van der Waals surface area contributed by atoms with Crippen molar-refractivity contribution in [3.05, 3.63) is 59.2 Å². The second-order valence-electron chi connectivity index (χ2n) is 4.16. The number of rotatable bonds is 3. The van der Waals surface area contributed by atoms with E-state index in [1.807, 2.05) is 6.07 Å². The number of benzene rings is 2. The Bertz CT molecular complexity index is 692. The minimum atomic E-state index is -4.52. The summed E-state index contributed by atoms with van der Waals surface area (Å²) in [5.41, 5.74) is -0.623. The highest BCUT2D eigenvalue weighted by Crippen LogP contribution is 2.36. The molecule has 2 nitrogen and oxygen atoms in total. The molecule has 2 aromatic rings. The van der Waals surface area contributed by atoms with Crippen LogP contribution in [0.3, 0.4) is 0 Å². The lowest BCUT2D eigenvalue weighted by Gasteiger charge is -2.14. The van der Waals surface area contributed by atoms with Crippen LogP contribution in [0, 0.1) is 11.3 Å². The van der Waals surface area contributed by atoms with Crippen molar-refractivity contribution in [2.75, 3.05) is 0 Å². The number of alkyl halides is 4. The second-order valence-corrected chi connectivity index (χ2v) is 4.43. The van der Waals surface area contributed by atoms with E-state index in [9.17, 15) is 13.2 Å². The molecule has 0 aliphatic heterocycles. The molecule has 0 aliphatic rings. The van der Waals surface area contributed by atoms with Gasteiger partial charge in [-0.2, -0.15) is 18.4 Å². The summed E-state index contributed by atoms with van der Waals surface area (Å²) in [4.78, 5) is 0. The fraction of sp³-hybridized carbons (Fsp3) is 0.133. The number of halogens is 4. The number of para-hydroxylation sites is 1. The Balaban J connectivity index is 2.40. The van der Waals surface area contributed by atoms with E-state index in [1.165, 1.54) is 24.3 Å². The Morgan fingerprint density at radius 2 is 1.86 bits per heavy atom. The topological polar surface area (TPSA) is 33.0 Å². The third kappa shape index (κ3) is 3.47. The minimum Gasteiger partial charge on any atom is -0.456 e. The molecule has 0 spiro atoms. The lowest BCUT2D eigenvalue weighted by molar-refractivity contribution is -0.138. The van der Waals surface area contributed by atoms with Gasteiger partial charge in [0.1, 0.15) is 17.6 Å². The molecule has 2 rings (SSSR count). The zero-order valence-electron chi connectivity index (χ0n) is 10.6. The van der Waals surface area contributed by atoms with Crippen LogP contribution in [0.4, 0.5) is 13.2 Å². The molecule has 6 heteroatoms. The van der Waals surface area contributed by atoms with Gasteiger partial charge in [-0.1, -0.05) is 18.2 Å². The molecule has 0 bridgehead atoms. The van der Waals surface area contributed by atoms with Crippen LogP contribution < -0.4 is 4.74 Å². The molecular formula is C15H9ClF3NO. The minimum absolute atomic E-state index is 0.00103. The summed E-state index contributed by atoms with van der Waals surface area (Å²) >= 11 is 5.51. The van der Waals surface area contributed by atoms with Crippen molar-refractivity contribution in [3.8, 4) is 17.6 Å². The maximum absolute atomic E-state index is 12.9. The van der Waals surface area contributed by atoms with Gasteiger partial charge in [0.25, 0.3) is 0 Å². The summed E-state index contributed by atoms with van der Waals surface area (Å²) in [6.07, 6.45) is -4.52. The van der Waals surface area contributed by atoms with Crippen LogP contribution in [0.1, 0.15) is 16.7 Å². The molecular weight excluding hydrogens is 303 g/mol. The number of hydrogen-bond acceptors (Lipinski definition) is 2. The van der Waals surface area contributed by atoms with Crippen LogP contribution >= 0.6 is 11.6 Å². The lowest BCUT2D eigenvalue weighted by atomic mass is 10.1. The Labute approximate surface area is 124 Å². The molecule has 0 atom stereocenters. The van der Waals surface area contributed by atoms with Crippen LogP contribution in [0.25, 0.3) is 0 Å². The summed E-state index contributed by atoms with van der Waals surface area (Å²) < 4.78 is 44.2. The molecule has 0 fully saturated rings. The maximum atomic E-state index is 12.9. The van der Waals surface area contributed by atoms with Crippen LogP contribution in [0.5, 0.6) is 11.5 Å². The van der Waals surface area contributed by atoms with E-state index in [1.54, 1.807) is 12.1 Å². The van der Waals surface area contributed by atoms with Gasteiger partial charge in [0, 0.05) is 5.88 Å². The van der Waals surface area contributed by atoms with Crippen molar-refractivity contribution in [3.63, 3.8) is 0 Å². The van der Waals surface area contributed by atoms with Gasteiger partial charge in [-0.3, -0.25) is 0 Å². The van der Waals surface area contributed by atoms with Crippen LogP contribution in [0.2, 0.25) is 0 Å². The largest absolute Gasteiger partial charge is 0.456 e. The standard InChI is InChI=1S/C15H9ClF3NO/c16-8-10-5-6-12(7-13(10)15(17,18)19)21-14-4-2-1-3-11(14)9-20/h1-7H,8H2. The summed E-state index contributed by atoms with van der Waals surface area (Å²) in [5, 5.41) is 8.94. The van der Waals surface area contributed by atoms with E-state index in [2.05, 4.69) is 0 Å². The van der Waals surface area contributed by atoms with E-state index >= 15 is 0 Å². The van der Waals surface area contributed by atoms with E-state index in [0.717, 1.165) is 6.07 Å². The number of ether oxygens (including phenoxy) is 1. The second kappa shape index (κ2) is 6.06. The van der Waals surface area contributed by atoms with E-state index in [0.29, 0.717) is 0 Å². The Hall–Kier alpha value is -2.19. The fourth-order valence-corrected chi connectivity index (χ4v) is 2.01. The van der Waals surface area contributed by atoms with Crippen molar-refractivity contribution < 1.29 is 17.9 Å². The van der Waals surface area contributed by atoms with Crippen LogP contribution in [-0.2, 0) is 12.1 Å². The third-order valence-electron chi connectivity index (χ3n) is 2.77. The van der Waals surface area contributed by atoms with Crippen LogP contribution in [0.15, 0.2) is 42.5 Å². The molecule has 0 heterocycles. The first-order chi connectivity index (χ1) is 9.95. The Kier molecular flexibility index (Phi) is 4.39. The quantitative estimate of drug-likeness (QED) is 0.738. The van der Waals surface area contributed by atoms with Gasteiger partial charge in [-0.15, -0.1) is 11.6 Å². The summed E-state index contributed by atoms with van der Waals surface area (Å²) in [5.74, 6) is -0.0465. The monoisotopic (exact) mass is 311 g/mol. The highest BCUT2D eigenvalue weighted by Gasteiger charge is 2.33. The molecule has 21 heavy (non-hydrogen) atoms. The predicted octanol–water partition coefficient (Wildman–Crippen LogP) is 5.11. The normalized spacial score (nSPS) is 11.0. The number of hydrogen-bond donors (Lipinski definition) is 0. The smallest absolute Gasteiger partial charge is 0.416 e. The maximum Gasteiger partial charge on any atom is 0.416 e. The molecule has 0 aliphatic carbocycles. The predicted molar refractivity (Wildman–Crippen MR) is 72.2 cm³/mol. The molecule has 0 saturated carbocycles. The van der Waals surface area contributed by atoms with Gasteiger partial charge in [0.15, 0.2) is 0 Å². The lowest BCUT2D eigenvalue weighted by Crippen LogP contribution is -2.08. The highest BCUT2D eigenvalue weighted by atomic mass is 35.5. The van der Waals surface area contributed by atoms with Crippen molar-refractivity contribution >= 4 is 11.6 Å². The van der Waals surface area contributed by atoms with Gasteiger partial charge in [-0.25, -0.2) is 0 Å². The first-order valence-corrected chi connectivity index (χ1v) is 6.42. The molecule has 0 N–H and O–H groups in total. The van der Waals surface area contributed by atoms with Crippen molar-refractivity contribution in [1.82, 2.24) is 0 Å². The molecule has 2 aromatic carbocycles. The van der Waals surface area contributed by atoms with Gasteiger partial charge in [0.2, 0.25) is 0 Å². The summed E-state index contributed by atoms with van der Waals surface area (Å²) in [6, 6.07) is 11.8. The summed E-state index contributed by atoms with van der Waals surface area (Å²) in [7, 11) is 0. The molecule has 108 valence electrons. The Morgan fingerprint density at radius 1 is 1.14 bits per heavy atom. The number of nitriles is 1. The zero-order chi connectivity index (χ0) is 15.5. The number of nitrogens with zero attached hydrogens (tertiary/aromatic N) is 1. The van der Waals surface area contributed by atoms with E-state index in [-0.39, 0.29) is 28.5 Å². The third-order valence-corrected chi connectivity index (χ3v) is 3.05. The van der Waals surface area contributed by atoms with Gasteiger partial charge >= 0.3 is 6.18 Å². The van der Waals surface area contributed by atoms with Crippen molar-refractivity contribution in [2.45, 2.75) is 12.1 Å². The van der Waals surface area contributed by atoms with Gasteiger partial charge in [0.05, 0.1) is 11.1 Å². The van der Waals surface area contributed by atoms with E-state index < -0.39 is 11.7 Å². The molecule has 0 radical (unpaired) electrons. The van der Waals surface area contributed by atoms with Crippen molar-refractivity contribution in [1.29, 1.82) is 5.26 Å². The average Bonchev–Trinajstić information content (AvgIpc) is 2.47. The van der Waals surface area contributed by atoms with E-state index in [4.69, 9.17) is 21.6 Å². The average molecular weight is 312 g/mol. The molecule has 0 unspecified atom stereocenters. The zero-order valence-corrected chi connectivity index (χ0v) is 11.4.